The predicted octanol–water partition coefficient (Wildman–Crippen LogP) is 3.84. The summed E-state index contributed by atoms with van der Waals surface area (Å²) in [6.45, 7) is 11.4. The smallest absolute Gasteiger partial charge is 0.345 e. The molecule has 0 aromatic rings. The average molecular weight is 352 g/mol. The minimum atomic E-state index is -4.50. The van der Waals surface area contributed by atoms with Gasteiger partial charge in [-0.3, -0.25) is 0 Å². The van der Waals surface area contributed by atoms with Crippen LogP contribution in [0.25, 0.3) is 0 Å². The number of alkyl halides is 1. The maximum Gasteiger partial charge on any atom is 0.345 e. The second-order valence-electron chi connectivity index (χ2n) is 6.38. The van der Waals surface area contributed by atoms with Crippen LogP contribution in [0.1, 0.15) is 48.5 Å². The van der Waals surface area contributed by atoms with Crippen molar-refractivity contribution in [1.29, 1.82) is 0 Å². The number of hydrogen-bond donors (Lipinski definition) is 1. The number of halogens is 1. The fourth-order valence-electron chi connectivity index (χ4n) is 1.31. The number of rotatable bonds is 7. The van der Waals surface area contributed by atoms with E-state index < -0.39 is 26.4 Å². The van der Waals surface area contributed by atoms with Gasteiger partial charge in [0.2, 0.25) is 10.9 Å². The lowest BCUT2D eigenvalue weighted by Gasteiger charge is -2.31. The highest BCUT2D eigenvalue weighted by Crippen LogP contribution is 2.33. The van der Waals surface area contributed by atoms with Crippen molar-refractivity contribution in [2.45, 2.75) is 53.5 Å². The van der Waals surface area contributed by atoms with Crippen LogP contribution in [0, 0.1) is 11.3 Å². The van der Waals surface area contributed by atoms with E-state index >= 15 is 0 Å². The van der Waals surface area contributed by atoms with Crippen LogP contribution >= 0.6 is 12.2 Å². The Morgan fingerprint density at radius 3 is 2.05 bits per heavy atom. The Balaban J connectivity index is 5.92. The van der Waals surface area contributed by atoms with Crippen LogP contribution in [0.5, 0.6) is 0 Å². The van der Waals surface area contributed by atoms with E-state index in [0.29, 0.717) is 4.86 Å². The Kier molecular flexibility index (Phi) is 6.78. The van der Waals surface area contributed by atoms with Crippen LogP contribution in [0.15, 0.2) is 23.6 Å². The molecule has 0 unspecified atom stereocenters. The van der Waals surface area contributed by atoms with Crippen molar-refractivity contribution in [2.75, 3.05) is 0 Å². The molecule has 0 amide bonds. The molecule has 128 valence electrons. The summed E-state index contributed by atoms with van der Waals surface area (Å²) in [4.78, 5) is 0.463. The first-order valence-corrected chi connectivity index (χ1v) is 8.80. The average Bonchev–Trinajstić information content (AvgIpc) is 2.32. The maximum absolute atomic E-state index is 13.7. The molecule has 0 radical (unpaired) electrons. The van der Waals surface area contributed by atoms with Gasteiger partial charge in [0.15, 0.2) is 0 Å². The van der Waals surface area contributed by atoms with E-state index in [-0.39, 0.29) is 11.5 Å². The van der Waals surface area contributed by atoms with Gasteiger partial charge in [-0.25, -0.2) is 4.39 Å². The minimum Gasteiger partial charge on any atom is -0.368 e. The Morgan fingerprint density at radius 1 is 1.27 bits per heavy atom. The van der Waals surface area contributed by atoms with Crippen LogP contribution in [-0.2, 0) is 14.3 Å². The summed E-state index contributed by atoms with van der Waals surface area (Å²) in [6, 6.07) is 0. The highest BCUT2D eigenvalue weighted by molar-refractivity contribution is 7.88. The lowest BCUT2D eigenvalue weighted by atomic mass is 9.76. The molecule has 0 aliphatic rings. The molecular formula is C15H26FNO3S2. The van der Waals surface area contributed by atoms with Crippen molar-refractivity contribution in [3.63, 3.8) is 0 Å². The second-order valence-corrected chi connectivity index (χ2v) is 8.84. The molecule has 0 aromatic carbocycles. The fraction of sp³-hybridized carbons (Fsp3) is 0.667. The van der Waals surface area contributed by atoms with E-state index in [1.165, 1.54) is 0 Å². The number of nitrogens with two attached hydrogens (primary N) is 1. The third kappa shape index (κ3) is 4.78. The molecule has 7 heteroatoms. The van der Waals surface area contributed by atoms with Crippen molar-refractivity contribution in [3.8, 4) is 0 Å². The van der Waals surface area contributed by atoms with Gasteiger partial charge in [0.25, 0.3) is 0 Å². The molecule has 22 heavy (non-hydrogen) atoms. The van der Waals surface area contributed by atoms with E-state index in [1.54, 1.807) is 19.1 Å². The van der Waals surface area contributed by atoms with Gasteiger partial charge in [0, 0.05) is 15.9 Å². The van der Waals surface area contributed by atoms with Crippen molar-refractivity contribution in [3.05, 3.63) is 23.6 Å². The first-order valence-electron chi connectivity index (χ1n) is 6.98. The van der Waals surface area contributed by atoms with Crippen LogP contribution in [0.2, 0.25) is 0 Å². The third-order valence-corrected chi connectivity index (χ3v) is 6.00. The summed E-state index contributed by atoms with van der Waals surface area (Å²) in [5.41, 5.74) is 5.63. The molecule has 0 rings (SSSR count). The molecule has 0 aromatic heterocycles. The van der Waals surface area contributed by atoms with E-state index in [1.807, 2.05) is 27.7 Å². The Bertz CT molecular complexity index is 582. The standard InChI is InChI=1S/C15H26FNO3S2/c1-8-9-11(12(21)14(4,5)10(2)3)13(17)20-22(18,19)15(6,7)16/h8-10H,17H2,1-7H3/b9-8-,13-11?. The highest BCUT2D eigenvalue weighted by Gasteiger charge is 2.38. The molecule has 0 spiro atoms. The van der Waals surface area contributed by atoms with Gasteiger partial charge in [-0.05, 0) is 26.7 Å². The number of hydrogen-bond acceptors (Lipinski definition) is 5. The van der Waals surface area contributed by atoms with Crippen LogP contribution < -0.4 is 5.73 Å². The Labute approximate surface area is 138 Å². The summed E-state index contributed by atoms with van der Waals surface area (Å²) in [5, 5.41) is -2.56. The molecule has 0 saturated carbocycles. The summed E-state index contributed by atoms with van der Waals surface area (Å²) >= 11 is 5.45. The maximum atomic E-state index is 13.7. The van der Waals surface area contributed by atoms with Crippen molar-refractivity contribution >= 4 is 27.2 Å². The zero-order valence-corrected chi connectivity index (χ0v) is 15.9. The zero-order chi connectivity index (χ0) is 17.9. The van der Waals surface area contributed by atoms with Crippen LogP contribution in [-0.4, -0.2) is 18.3 Å². The SMILES string of the molecule is C/C=C\C(C(=S)C(C)(C)C(C)C)=C(N)OS(=O)(=O)C(C)(C)F. The van der Waals surface area contributed by atoms with Crippen LogP contribution in [0.3, 0.4) is 0 Å². The molecule has 0 atom stereocenters. The monoisotopic (exact) mass is 351 g/mol. The number of thiocarbonyl (C=S) groups is 1. The molecule has 0 fully saturated rings. The number of allylic oxidation sites excluding steroid dienone is 3. The lowest BCUT2D eigenvalue weighted by molar-refractivity contribution is 0.273. The molecule has 0 aliphatic carbocycles. The normalized spacial score (nSPS) is 15.1. The lowest BCUT2D eigenvalue weighted by Crippen LogP contribution is -2.33. The highest BCUT2D eigenvalue weighted by atomic mass is 32.2. The predicted molar refractivity (Wildman–Crippen MR) is 92.4 cm³/mol. The van der Waals surface area contributed by atoms with E-state index in [4.69, 9.17) is 22.1 Å². The van der Waals surface area contributed by atoms with Gasteiger partial charge in [-0.1, -0.05) is 52.1 Å². The van der Waals surface area contributed by atoms with Crippen molar-refractivity contribution in [2.24, 2.45) is 17.1 Å². The minimum absolute atomic E-state index is 0.197. The molecule has 2 N–H and O–H groups in total. The fourth-order valence-corrected chi connectivity index (χ4v) is 2.24. The second kappa shape index (κ2) is 7.08. The first-order chi connectivity index (χ1) is 9.68. The van der Waals surface area contributed by atoms with Crippen molar-refractivity contribution < 1.29 is 17.0 Å². The topological polar surface area (TPSA) is 69.4 Å². The van der Waals surface area contributed by atoms with Gasteiger partial charge in [-0.2, -0.15) is 8.42 Å². The van der Waals surface area contributed by atoms with Gasteiger partial charge >= 0.3 is 10.1 Å². The third-order valence-electron chi connectivity index (χ3n) is 3.67. The van der Waals surface area contributed by atoms with Gasteiger partial charge in [0.1, 0.15) is 0 Å². The first kappa shape index (κ1) is 21.0. The van der Waals surface area contributed by atoms with Gasteiger partial charge in [-0.15, -0.1) is 0 Å². The molecular weight excluding hydrogens is 325 g/mol. The zero-order valence-electron chi connectivity index (χ0n) is 14.2. The molecule has 0 bridgehead atoms. The summed E-state index contributed by atoms with van der Waals surface area (Å²) in [7, 11) is -4.50. The molecule has 0 heterocycles. The summed E-state index contributed by atoms with van der Waals surface area (Å²) < 4.78 is 42.0. The Morgan fingerprint density at radius 2 is 1.73 bits per heavy atom. The van der Waals surface area contributed by atoms with E-state index in [2.05, 4.69) is 0 Å². The van der Waals surface area contributed by atoms with Gasteiger partial charge < -0.3 is 9.92 Å². The quantitative estimate of drug-likeness (QED) is 0.248. The summed E-state index contributed by atoms with van der Waals surface area (Å²) in [5.74, 6) is -0.218. The summed E-state index contributed by atoms with van der Waals surface area (Å²) in [6.07, 6.45) is 3.24. The van der Waals surface area contributed by atoms with Gasteiger partial charge in [0.05, 0.1) is 0 Å². The largest absolute Gasteiger partial charge is 0.368 e. The van der Waals surface area contributed by atoms with Crippen molar-refractivity contribution in [1.82, 2.24) is 0 Å². The van der Waals surface area contributed by atoms with Crippen LogP contribution in [0.4, 0.5) is 4.39 Å². The molecule has 0 saturated heterocycles. The Hall–Kier alpha value is -0.950. The molecule has 0 aliphatic heterocycles. The van der Waals surface area contributed by atoms with E-state index in [9.17, 15) is 12.8 Å². The molecule has 4 nitrogen and oxygen atoms in total. The van der Waals surface area contributed by atoms with E-state index in [0.717, 1.165) is 13.8 Å².